The van der Waals surface area contributed by atoms with Gasteiger partial charge in [0.05, 0.1) is 11.6 Å². The van der Waals surface area contributed by atoms with Crippen LogP contribution in [0.5, 0.6) is 0 Å². The minimum atomic E-state index is 0.0140. The number of thioether (sulfide) groups is 1. The molecule has 0 radical (unpaired) electrons. The Labute approximate surface area is 143 Å². The first kappa shape index (κ1) is 17.4. The number of nitrogens with zero attached hydrogens (tertiary/aromatic N) is 2. The minimum Gasteiger partial charge on any atom is -0.364 e. The maximum absolute atomic E-state index is 5.42. The van der Waals surface area contributed by atoms with Crippen LogP contribution >= 0.6 is 11.8 Å². The zero-order valence-corrected chi connectivity index (χ0v) is 14.9. The van der Waals surface area contributed by atoms with E-state index in [0.717, 1.165) is 27.7 Å². The molecule has 1 heterocycles. The SMILES string of the molecule is C#CC(C)/C=N\C1=C(C)N(COC)C2=C(C=CC(CC)=C=C2)S1. The number of hydrogen-bond acceptors (Lipinski definition) is 4. The fourth-order valence-electron chi connectivity index (χ4n) is 2.17. The molecule has 4 heteroatoms. The second-order valence-electron chi connectivity index (χ2n) is 5.32. The third kappa shape index (κ3) is 4.09. The molecule has 0 saturated heterocycles. The number of rotatable bonds is 5. The smallest absolute Gasteiger partial charge is 0.122 e. The van der Waals surface area contributed by atoms with Crippen molar-refractivity contribution in [2.75, 3.05) is 13.8 Å². The Hall–Kier alpha value is -1.92. The maximum Gasteiger partial charge on any atom is 0.122 e. The number of allylic oxidation sites excluding steroid dienone is 4. The molecule has 1 unspecified atom stereocenters. The van der Waals surface area contributed by atoms with Crippen LogP contribution in [0.25, 0.3) is 0 Å². The summed E-state index contributed by atoms with van der Waals surface area (Å²) < 4.78 is 5.38. The molecule has 0 aromatic heterocycles. The molecule has 2 rings (SSSR count). The summed E-state index contributed by atoms with van der Waals surface area (Å²) in [5.41, 5.74) is 6.70. The van der Waals surface area contributed by atoms with Crippen LogP contribution in [0.2, 0.25) is 0 Å². The Morgan fingerprint density at radius 3 is 2.96 bits per heavy atom. The van der Waals surface area contributed by atoms with Gasteiger partial charge in [-0.05, 0) is 31.9 Å². The first-order valence-corrected chi connectivity index (χ1v) is 8.45. The number of methoxy groups -OCH3 is 1. The average Bonchev–Trinajstić information content (AvgIpc) is 2.77. The summed E-state index contributed by atoms with van der Waals surface area (Å²) >= 11 is 1.66. The van der Waals surface area contributed by atoms with Crippen LogP contribution in [0.4, 0.5) is 0 Å². The van der Waals surface area contributed by atoms with Crippen molar-refractivity contribution in [3.8, 4) is 12.3 Å². The molecule has 0 saturated carbocycles. The van der Waals surface area contributed by atoms with Gasteiger partial charge in [-0.3, -0.25) is 4.99 Å². The lowest BCUT2D eigenvalue weighted by molar-refractivity contribution is 0.110. The molecule has 120 valence electrons. The summed E-state index contributed by atoms with van der Waals surface area (Å²) in [5, 5.41) is 0.945. The van der Waals surface area contributed by atoms with Crippen LogP contribution < -0.4 is 0 Å². The van der Waals surface area contributed by atoms with Gasteiger partial charge in [-0.2, -0.15) is 0 Å². The van der Waals surface area contributed by atoms with Gasteiger partial charge in [0.1, 0.15) is 11.8 Å². The zero-order valence-electron chi connectivity index (χ0n) is 14.1. The van der Waals surface area contributed by atoms with Crippen LogP contribution in [0, 0.1) is 18.3 Å². The molecule has 1 aliphatic carbocycles. The van der Waals surface area contributed by atoms with Crippen LogP contribution in [0.15, 0.2) is 55.9 Å². The normalized spacial score (nSPS) is 18.9. The van der Waals surface area contributed by atoms with E-state index in [0.29, 0.717) is 6.73 Å². The molecule has 1 aliphatic heterocycles. The van der Waals surface area contributed by atoms with Gasteiger partial charge in [-0.15, -0.1) is 12.2 Å². The largest absolute Gasteiger partial charge is 0.364 e. The van der Waals surface area contributed by atoms with Gasteiger partial charge in [-0.25, -0.2) is 0 Å². The second kappa shape index (κ2) is 8.08. The lowest BCUT2D eigenvalue weighted by Gasteiger charge is -2.31. The van der Waals surface area contributed by atoms with Gasteiger partial charge >= 0.3 is 0 Å². The second-order valence-corrected chi connectivity index (χ2v) is 6.35. The van der Waals surface area contributed by atoms with Gasteiger partial charge < -0.3 is 9.64 Å². The molecule has 0 bridgehead atoms. The number of ether oxygens (including phenoxy) is 1. The molecule has 0 aromatic carbocycles. The van der Waals surface area contributed by atoms with E-state index in [9.17, 15) is 0 Å². The van der Waals surface area contributed by atoms with Crippen molar-refractivity contribution in [3.63, 3.8) is 0 Å². The highest BCUT2D eigenvalue weighted by atomic mass is 32.2. The maximum atomic E-state index is 5.42. The highest BCUT2D eigenvalue weighted by Gasteiger charge is 2.24. The summed E-state index contributed by atoms with van der Waals surface area (Å²) in [6.07, 6.45) is 14.5. The fraction of sp³-hybridized carbons (Fsp3) is 0.368. The van der Waals surface area contributed by atoms with Crippen molar-refractivity contribution in [1.29, 1.82) is 0 Å². The molecule has 0 N–H and O–H groups in total. The molecule has 1 atom stereocenters. The van der Waals surface area contributed by atoms with Gasteiger partial charge in [0, 0.05) is 30.0 Å². The van der Waals surface area contributed by atoms with E-state index in [4.69, 9.17) is 11.2 Å². The molecular weight excluding hydrogens is 304 g/mol. The van der Waals surface area contributed by atoms with E-state index < -0.39 is 0 Å². The lowest BCUT2D eigenvalue weighted by atomic mass is 10.2. The van der Waals surface area contributed by atoms with Crippen molar-refractivity contribution in [2.24, 2.45) is 10.9 Å². The quantitative estimate of drug-likeness (QED) is 0.424. The van der Waals surface area contributed by atoms with E-state index in [1.807, 2.05) is 19.2 Å². The van der Waals surface area contributed by atoms with E-state index in [2.05, 4.69) is 47.5 Å². The van der Waals surface area contributed by atoms with Gasteiger partial charge in [0.25, 0.3) is 0 Å². The minimum absolute atomic E-state index is 0.0140. The summed E-state index contributed by atoms with van der Waals surface area (Å²) in [5.74, 6) is 2.68. The third-order valence-electron chi connectivity index (χ3n) is 3.61. The van der Waals surface area contributed by atoms with Crippen molar-refractivity contribution in [2.45, 2.75) is 27.2 Å². The first-order valence-electron chi connectivity index (χ1n) is 7.64. The molecule has 0 fully saturated rings. The Balaban J connectivity index is 2.39. The van der Waals surface area contributed by atoms with E-state index in [1.54, 1.807) is 18.9 Å². The summed E-state index contributed by atoms with van der Waals surface area (Å²) in [7, 11) is 1.70. The number of terminal acetylenes is 1. The summed E-state index contributed by atoms with van der Waals surface area (Å²) in [4.78, 5) is 7.86. The molecule has 2 aliphatic rings. The predicted octanol–water partition coefficient (Wildman–Crippen LogP) is 4.44. The van der Waals surface area contributed by atoms with Gasteiger partial charge in [-0.1, -0.05) is 30.7 Å². The van der Waals surface area contributed by atoms with E-state index >= 15 is 0 Å². The summed E-state index contributed by atoms with van der Waals surface area (Å²) in [6, 6.07) is 0. The summed E-state index contributed by atoms with van der Waals surface area (Å²) in [6.45, 7) is 6.61. The predicted molar refractivity (Wildman–Crippen MR) is 98.5 cm³/mol. The van der Waals surface area contributed by atoms with Crippen molar-refractivity contribution < 1.29 is 4.74 Å². The van der Waals surface area contributed by atoms with Crippen LogP contribution in [-0.4, -0.2) is 25.0 Å². The zero-order chi connectivity index (χ0) is 16.8. The highest BCUT2D eigenvalue weighted by Crippen LogP contribution is 2.41. The highest BCUT2D eigenvalue weighted by molar-refractivity contribution is 8.07. The first-order chi connectivity index (χ1) is 11.1. The molecular formula is C19H22N2OS. The van der Waals surface area contributed by atoms with E-state index in [1.165, 1.54) is 5.57 Å². The van der Waals surface area contributed by atoms with Crippen LogP contribution in [0.1, 0.15) is 27.2 Å². The average molecular weight is 326 g/mol. The Morgan fingerprint density at radius 1 is 1.52 bits per heavy atom. The van der Waals surface area contributed by atoms with Crippen molar-refractivity contribution in [3.05, 3.63) is 50.9 Å². The monoisotopic (exact) mass is 326 g/mol. The molecule has 0 aromatic rings. The van der Waals surface area contributed by atoms with Crippen LogP contribution in [0.3, 0.4) is 0 Å². The molecule has 0 amide bonds. The molecule has 23 heavy (non-hydrogen) atoms. The number of aliphatic imine (C=N–C) groups is 1. The number of hydrogen-bond donors (Lipinski definition) is 0. The Bertz CT molecular complexity index is 697. The molecule has 0 spiro atoms. The van der Waals surface area contributed by atoms with Crippen molar-refractivity contribution in [1.82, 2.24) is 4.90 Å². The molecule has 3 nitrogen and oxygen atoms in total. The van der Waals surface area contributed by atoms with Crippen molar-refractivity contribution >= 4 is 18.0 Å². The third-order valence-corrected chi connectivity index (χ3v) is 4.77. The topological polar surface area (TPSA) is 24.8 Å². The van der Waals surface area contributed by atoms with E-state index in [-0.39, 0.29) is 5.92 Å². The van der Waals surface area contributed by atoms with Crippen LogP contribution in [-0.2, 0) is 4.74 Å². The Kier molecular flexibility index (Phi) is 6.12. The van der Waals surface area contributed by atoms with Gasteiger partial charge in [0.15, 0.2) is 0 Å². The standard InChI is InChI=1S/C19H22N2OS/c1-6-14(3)12-20-19-15(4)21(13-22-5)17-10-8-16(7-2)9-11-18(17)23-19/h1,9-12,14H,7,13H2,2-5H3/b20-12-. The fourth-order valence-corrected chi connectivity index (χ4v) is 3.16. The Morgan fingerprint density at radius 2 is 2.30 bits per heavy atom. The lowest BCUT2D eigenvalue weighted by Crippen LogP contribution is -2.26. The van der Waals surface area contributed by atoms with Gasteiger partial charge in [0.2, 0.25) is 0 Å².